The lowest BCUT2D eigenvalue weighted by Gasteiger charge is -2.53. The molecule has 0 aromatic carbocycles. The monoisotopic (exact) mass is 393 g/mol. The van der Waals surface area contributed by atoms with Crippen molar-refractivity contribution in [1.82, 2.24) is 5.32 Å². The van der Waals surface area contributed by atoms with Crippen molar-refractivity contribution in [2.75, 3.05) is 20.3 Å². The minimum atomic E-state index is -1.68. The van der Waals surface area contributed by atoms with Gasteiger partial charge in [0.25, 0.3) is 0 Å². The van der Waals surface area contributed by atoms with Crippen molar-refractivity contribution in [3.05, 3.63) is 0 Å². The minimum Gasteiger partial charge on any atom is -0.394 e. The Morgan fingerprint density at radius 3 is 2.37 bits per heavy atom. The summed E-state index contributed by atoms with van der Waals surface area (Å²) in [6.07, 6.45) is -6.84. The van der Waals surface area contributed by atoms with E-state index in [1.54, 1.807) is 13.8 Å². The fourth-order valence-electron chi connectivity index (χ4n) is 3.62. The van der Waals surface area contributed by atoms with Crippen LogP contribution in [0.3, 0.4) is 0 Å². The third-order valence-electron chi connectivity index (χ3n) is 5.24. The molecule has 2 fully saturated rings. The van der Waals surface area contributed by atoms with E-state index in [-0.39, 0.29) is 12.5 Å². The molecule has 2 saturated heterocycles. The maximum Gasteiger partial charge on any atom is 0.217 e. The first-order valence-electron chi connectivity index (χ1n) is 8.91. The van der Waals surface area contributed by atoms with E-state index in [1.165, 1.54) is 21.0 Å². The second-order valence-electron chi connectivity index (χ2n) is 7.73. The van der Waals surface area contributed by atoms with E-state index in [0.717, 1.165) is 0 Å². The summed E-state index contributed by atoms with van der Waals surface area (Å²) >= 11 is 0. The van der Waals surface area contributed by atoms with Crippen molar-refractivity contribution in [3.63, 3.8) is 0 Å². The molecule has 0 aromatic heterocycles. The lowest BCUT2D eigenvalue weighted by Crippen LogP contribution is -2.71. The van der Waals surface area contributed by atoms with Gasteiger partial charge in [0.1, 0.15) is 36.6 Å². The van der Waals surface area contributed by atoms with E-state index in [0.29, 0.717) is 0 Å². The van der Waals surface area contributed by atoms with Gasteiger partial charge in [0, 0.05) is 14.0 Å². The number of rotatable bonds is 5. The van der Waals surface area contributed by atoms with Gasteiger partial charge in [0.05, 0.1) is 24.9 Å². The molecule has 0 bridgehead atoms. The molecule has 10 heteroatoms. The van der Waals surface area contributed by atoms with Crippen molar-refractivity contribution in [2.24, 2.45) is 0 Å². The molecule has 27 heavy (non-hydrogen) atoms. The number of aliphatic hydroxyl groups excluding tert-OH is 4. The Morgan fingerprint density at radius 2 is 1.85 bits per heavy atom. The van der Waals surface area contributed by atoms with Crippen LogP contribution < -0.4 is 5.32 Å². The zero-order chi connectivity index (χ0) is 20.6. The molecule has 0 radical (unpaired) electrons. The van der Waals surface area contributed by atoms with Crippen LogP contribution >= 0.6 is 0 Å². The van der Waals surface area contributed by atoms with Gasteiger partial charge in [-0.3, -0.25) is 4.79 Å². The van der Waals surface area contributed by atoms with Crippen molar-refractivity contribution >= 4 is 5.91 Å². The van der Waals surface area contributed by atoms with Crippen LogP contribution in [0.1, 0.15) is 27.7 Å². The molecular weight excluding hydrogens is 362 g/mol. The van der Waals surface area contributed by atoms with Gasteiger partial charge in [0.15, 0.2) is 5.79 Å². The predicted octanol–water partition coefficient (Wildman–Crippen LogP) is -2.11. The largest absolute Gasteiger partial charge is 0.394 e. The second-order valence-corrected chi connectivity index (χ2v) is 7.73. The number of hydrogen-bond acceptors (Lipinski definition) is 9. The van der Waals surface area contributed by atoms with E-state index in [4.69, 9.17) is 18.9 Å². The van der Waals surface area contributed by atoms with Crippen LogP contribution in [0.25, 0.3) is 0 Å². The fourth-order valence-corrected chi connectivity index (χ4v) is 3.62. The average Bonchev–Trinajstić information content (AvgIpc) is 2.59. The third-order valence-corrected chi connectivity index (χ3v) is 5.24. The molecular formula is C17H31NO9. The summed E-state index contributed by atoms with van der Waals surface area (Å²) in [5.74, 6) is -2.04. The Morgan fingerprint density at radius 1 is 1.22 bits per heavy atom. The molecule has 2 heterocycles. The molecule has 2 aliphatic rings. The summed E-state index contributed by atoms with van der Waals surface area (Å²) in [7, 11) is 1.39. The van der Waals surface area contributed by atoms with Gasteiger partial charge in [-0.2, -0.15) is 0 Å². The van der Waals surface area contributed by atoms with E-state index >= 15 is 0 Å². The topological polar surface area (TPSA) is 147 Å². The highest BCUT2D eigenvalue weighted by atomic mass is 16.7. The quantitative estimate of drug-likeness (QED) is 0.354. The zero-order valence-corrected chi connectivity index (χ0v) is 16.3. The number of aliphatic hydroxyl groups is 4. The van der Waals surface area contributed by atoms with Gasteiger partial charge in [-0.15, -0.1) is 0 Å². The molecule has 1 amide bonds. The summed E-state index contributed by atoms with van der Waals surface area (Å²) in [5, 5.41) is 43.6. The van der Waals surface area contributed by atoms with Gasteiger partial charge in [-0.25, -0.2) is 0 Å². The first-order chi connectivity index (χ1) is 12.5. The molecule has 8 atom stereocenters. The predicted molar refractivity (Wildman–Crippen MR) is 91.7 cm³/mol. The van der Waals surface area contributed by atoms with E-state index < -0.39 is 60.7 Å². The molecule has 0 saturated carbocycles. The Bertz CT molecular complexity index is 531. The second kappa shape index (κ2) is 8.26. The van der Waals surface area contributed by atoms with Gasteiger partial charge in [0.2, 0.25) is 5.91 Å². The smallest absolute Gasteiger partial charge is 0.217 e. The van der Waals surface area contributed by atoms with Crippen molar-refractivity contribution in [2.45, 2.75) is 81.7 Å². The first kappa shape index (κ1) is 22.4. The van der Waals surface area contributed by atoms with Crippen LogP contribution in [-0.4, -0.2) is 101 Å². The molecule has 0 aromatic rings. The third kappa shape index (κ3) is 4.43. The first-order valence-corrected chi connectivity index (χ1v) is 8.91. The highest BCUT2D eigenvalue weighted by molar-refractivity contribution is 5.73. The van der Waals surface area contributed by atoms with Crippen LogP contribution in [0.4, 0.5) is 0 Å². The van der Waals surface area contributed by atoms with Crippen LogP contribution in [0.15, 0.2) is 0 Å². The molecule has 158 valence electrons. The van der Waals surface area contributed by atoms with E-state index in [2.05, 4.69) is 5.32 Å². The summed E-state index contributed by atoms with van der Waals surface area (Å²) in [4.78, 5) is 11.7. The van der Waals surface area contributed by atoms with Gasteiger partial charge >= 0.3 is 0 Å². The maximum atomic E-state index is 11.7. The number of amides is 1. The highest BCUT2D eigenvalue weighted by Gasteiger charge is 2.56. The van der Waals surface area contributed by atoms with Crippen LogP contribution in [0.2, 0.25) is 0 Å². The number of carbonyl (C=O) groups excluding carboxylic acids is 1. The normalized spacial score (nSPS) is 44.7. The average molecular weight is 393 g/mol. The zero-order valence-electron chi connectivity index (χ0n) is 16.3. The maximum absolute atomic E-state index is 11.7. The van der Waals surface area contributed by atoms with Gasteiger partial charge in [-0.1, -0.05) is 0 Å². The Labute approximate surface area is 158 Å². The van der Waals surface area contributed by atoms with Crippen LogP contribution in [-0.2, 0) is 23.7 Å². The molecule has 0 spiro atoms. The van der Waals surface area contributed by atoms with Crippen molar-refractivity contribution in [1.29, 1.82) is 0 Å². The lowest BCUT2D eigenvalue weighted by molar-refractivity contribution is -0.368. The molecule has 0 aliphatic carbocycles. The lowest BCUT2D eigenvalue weighted by atomic mass is 9.84. The Balaban J connectivity index is 2.31. The molecule has 3 unspecified atom stereocenters. The van der Waals surface area contributed by atoms with Crippen LogP contribution in [0.5, 0.6) is 0 Å². The molecule has 2 rings (SSSR count). The standard InChI is InChI=1S/C17H31NO9/c1-8(20)18-14-13(11(21)9(6-19)26-16(14,2)3)27-17(4)15(23)12(22)10(24-5)7-25-17/h9-15,19,21-23H,6-7H2,1-5H3,(H,18,20)/t9?,10-,11-,12+,13+,14?,15?,17+/m1/s1. The van der Waals surface area contributed by atoms with Gasteiger partial charge < -0.3 is 44.7 Å². The van der Waals surface area contributed by atoms with Crippen molar-refractivity contribution < 1.29 is 44.2 Å². The fraction of sp³-hybridized carbons (Fsp3) is 0.941. The van der Waals surface area contributed by atoms with Gasteiger partial charge in [-0.05, 0) is 20.8 Å². The summed E-state index contributed by atoms with van der Waals surface area (Å²) in [6, 6.07) is -0.808. The summed E-state index contributed by atoms with van der Waals surface area (Å²) < 4.78 is 22.3. The summed E-state index contributed by atoms with van der Waals surface area (Å²) in [6.45, 7) is 5.62. The highest BCUT2D eigenvalue weighted by Crippen LogP contribution is 2.36. The minimum absolute atomic E-state index is 0.0395. The molecule has 5 N–H and O–H groups in total. The number of ether oxygens (including phenoxy) is 4. The van der Waals surface area contributed by atoms with E-state index in [1.807, 2.05) is 0 Å². The molecule has 10 nitrogen and oxygen atoms in total. The Kier molecular flexibility index (Phi) is 6.86. The van der Waals surface area contributed by atoms with Crippen LogP contribution in [0, 0.1) is 0 Å². The van der Waals surface area contributed by atoms with E-state index in [9.17, 15) is 25.2 Å². The number of nitrogens with one attached hydrogen (secondary N) is 1. The number of hydrogen-bond donors (Lipinski definition) is 5. The molecule has 2 aliphatic heterocycles. The number of carbonyl (C=O) groups is 1. The number of methoxy groups -OCH3 is 1. The summed E-state index contributed by atoms with van der Waals surface area (Å²) in [5.41, 5.74) is -0.993. The SMILES string of the molecule is CO[C@@H]1CO[C@@](C)(O[C@@H]2C(NC(C)=O)C(C)(C)OC(CO)[C@H]2O)C(O)[C@H]1O. The Hall–Kier alpha value is -0.850. The van der Waals surface area contributed by atoms with Crippen molar-refractivity contribution in [3.8, 4) is 0 Å².